The summed E-state index contributed by atoms with van der Waals surface area (Å²) >= 11 is 1.90. The second-order valence-corrected chi connectivity index (χ2v) is 14.6. The molecule has 11 rings (SSSR count). The van der Waals surface area contributed by atoms with E-state index in [1.165, 1.54) is 107 Å². The van der Waals surface area contributed by atoms with Gasteiger partial charge in [-0.1, -0.05) is 170 Å². The van der Waals surface area contributed by atoms with Gasteiger partial charge in [0, 0.05) is 20.2 Å². The van der Waals surface area contributed by atoms with Gasteiger partial charge in [0.05, 0.1) is 0 Å². The molecule has 11 aromatic rings. The lowest BCUT2D eigenvalue weighted by molar-refractivity contribution is 1.65. The van der Waals surface area contributed by atoms with Crippen LogP contribution >= 0.6 is 11.3 Å². The molecule has 1 heteroatoms. The van der Waals surface area contributed by atoms with Crippen molar-refractivity contribution in [1.29, 1.82) is 0 Å². The predicted molar refractivity (Wildman–Crippen MR) is 223 cm³/mol. The summed E-state index contributed by atoms with van der Waals surface area (Å²) in [5, 5.41) is 15.6. The minimum Gasteiger partial charge on any atom is -0.135 e. The van der Waals surface area contributed by atoms with Gasteiger partial charge in [-0.15, -0.1) is 11.3 Å². The molecule has 0 saturated carbocycles. The minimum absolute atomic E-state index is 1.23. The van der Waals surface area contributed by atoms with Crippen LogP contribution in [0.2, 0.25) is 0 Å². The average molecular weight is 663 g/mol. The summed E-state index contributed by atoms with van der Waals surface area (Å²) in [7, 11) is 0. The van der Waals surface area contributed by atoms with Gasteiger partial charge >= 0.3 is 0 Å². The van der Waals surface area contributed by atoms with Crippen molar-refractivity contribution in [3.63, 3.8) is 0 Å². The summed E-state index contributed by atoms with van der Waals surface area (Å²) in [5.74, 6) is 0. The van der Waals surface area contributed by atoms with Crippen molar-refractivity contribution in [2.45, 2.75) is 0 Å². The van der Waals surface area contributed by atoms with Gasteiger partial charge in [0.2, 0.25) is 0 Å². The molecular weight excluding hydrogens is 633 g/mol. The third kappa shape index (κ3) is 4.26. The molecule has 0 nitrogen and oxygen atoms in total. The number of fused-ring (bicyclic) bond motifs is 10. The van der Waals surface area contributed by atoms with E-state index >= 15 is 0 Å². The topological polar surface area (TPSA) is 0 Å². The van der Waals surface area contributed by atoms with Crippen LogP contribution in [0.15, 0.2) is 182 Å². The highest BCUT2D eigenvalue weighted by atomic mass is 32.1. The Morgan fingerprint density at radius 3 is 1.45 bits per heavy atom. The quantitative estimate of drug-likeness (QED) is 0.165. The standard InChI is InChI=1S/C50H30S/c1-3-15-35-31(12-1)14-11-23-38(35)48-42-21-9-7-19-40(42)47(41-20-8-10-22-43(41)48)34-26-24-33(25-27-34)44-30-46-50(39-18-6-5-17-37(39)44)49-36-16-4-2-13-32(36)28-29-45(49)51-46/h1-30H. The van der Waals surface area contributed by atoms with Gasteiger partial charge in [-0.25, -0.2) is 0 Å². The average Bonchev–Trinajstić information content (AvgIpc) is 3.59. The number of thiophene rings is 1. The zero-order valence-electron chi connectivity index (χ0n) is 27.7. The van der Waals surface area contributed by atoms with E-state index in [1.54, 1.807) is 0 Å². The number of hydrogen-bond acceptors (Lipinski definition) is 1. The van der Waals surface area contributed by atoms with Crippen LogP contribution in [0.5, 0.6) is 0 Å². The lowest BCUT2D eigenvalue weighted by Crippen LogP contribution is -1.91. The van der Waals surface area contributed by atoms with Crippen molar-refractivity contribution in [3.05, 3.63) is 182 Å². The Kier molecular flexibility index (Phi) is 6.22. The summed E-state index contributed by atoms with van der Waals surface area (Å²) in [6.45, 7) is 0. The zero-order chi connectivity index (χ0) is 33.5. The van der Waals surface area contributed by atoms with Crippen LogP contribution in [-0.2, 0) is 0 Å². The molecule has 1 aromatic heterocycles. The Labute approximate surface area is 299 Å². The van der Waals surface area contributed by atoms with Crippen LogP contribution in [0.25, 0.3) is 107 Å². The van der Waals surface area contributed by atoms with E-state index < -0.39 is 0 Å². The molecule has 1 heterocycles. The van der Waals surface area contributed by atoms with E-state index in [0.29, 0.717) is 0 Å². The number of hydrogen-bond donors (Lipinski definition) is 0. The molecule has 0 unspecified atom stereocenters. The fourth-order valence-electron chi connectivity index (χ4n) is 8.63. The number of rotatable bonds is 3. The van der Waals surface area contributed by atoms with E-state index in [4.69, 9.17) is 0 Å². The van der Waals surface area contributed by atoms with Crippen molar-refractivity contribution < 1.29 is 0 Å². The number of benzene rings is 10. The molecule has 0 saturated heterocycles. The second kappa shape index (κ2) is 11.1. The third-order valence-corrected chi connectivity index (χ3v) is 11.9. The lowest BCUT2D eigenvalue weighted by atomic mass is 9.84. The zero-order valence-corrected chi connectivity index (χ0v) is 28.5. The summed E-state index contributed by atoms with van der Waals surface area (Å²) in [5.41, 5.74) is 7.61. The molecule has 0 spiro atoms. The molecular formula is C50H30S. The van der Waals surface area contributed by atoms with Gasteiger partial charge in [-0.05, 0) is 99.4 Å². The Balaban J connectivity index is 1.13. The Bertz CT molecular complexity index is 3120. The molecule has 0 fully saturated rings. The van der Waals surface area contributed by atoms with Crippen LogP contribution in [0.1, 0.15) is 0 Å². The molecule has 0 amide bonds. The second-order valence-electron chi connectivity index (χ2n) is 13.5. The highest BCUT2D eigenvalue weighted by molar-refractivity contribution is 7.26. The monoisotopic (exact) mass is 662 g/mol. The van der Waals surface area contributed by atoms with Gasteiger partial charge in [-0.2, -0.15) is 0 Å². The Morgan fingerprint density at radius 1 is 0.275 bits per heavy atom. The van der Waals surface area contributed by atoms with E-state index in [9.17, 15) is 0 Å². The minimum atomic E-state index is 1.23. The molecule has 0 aliphatic rings. The normalized spacial score (nSPS) is 11.9. The first kappa shape index (κ1) is 28.5. The van der Waals surface area contributed by atoms with E-state index in [-0.39, 0.29) is 0 Å². The maximum Gasteiger partial charge on any atom is 0.0368 e. The van der Waals surface area contributed by atoms with Crippen LogP contribution < -0.4 is 0 Å². The van der Waals surface area contributed by atoms with Crippen molar-refractivity contribution in [2.75, 3.05) is 0 Å². The summed E-state index contributed by atoms with van der Waals surface area (Å²) in [6, 6.07) is 67.4. The first-order valence-corrected chi connectivity index (χ1v) is 18.4. The maximum atomic E-state index is 2.43. The van der Waals surface area contributed by atoms with Crippen molar-refractivity contribution in [1.82, 2.24) is 0 Å². The van der Waals surface area contributed by atoms with E-state index in [0.717, 1.165) is 0 Å². The highest BCUT2D eigenvalue weighted by Gasteiger charge is 2.19. The van der Waals surface area contributed by atoms with Gasteiger partial charge in [0.25, 0.3) is 0 Å². The van der Waals surface area contributed by atoms with E-state index in [1.807, 2.05) is 11.3 Å². The van der Waals surface area contributed by atoms with Gasteiger partial charge in [0.1, 0.15) is 0 Å². The molecule has 0 aliphatic carbocycles. The first-order chi connectivity index (χ1) is 25.3. The van der Waals surface area contributed by atoms with Crippen molar-refractivity contribution >= 4 is 85.4 Å². The summed E-state index contributed by atoms with van der Waals surface area (Å²) < 4.78 is 2.67. The molecule has 51 heavy (non-hydrogen) atoms. The largest absolute Gasteiger partial charge is 0.135 e. The third-order valence-electron chi connectivity index (χ3n) is 10.8. The molecule has 0 N–H and O–H groups in total. The summed E-state index contributed by atoms with van der Waals surface area (Å²) in [6.07, 6.45) is 0. The molecule has 0 aliphatic heterocycles. The Hall–Kier alpha value is -6.28. The van der Waals surface area contributed by atoms with Crippen molar-refractivity contribution in [3.8, 4) is 33.4 Å². The predicted octanol–water partition coefficient (Wildman–Crippen LogP) is 14.8. The van der Waals surface area contributed by atoms with Crippen LogP contribution in [0.4, 0.5) is 0 Å². The van der Waals surface area contributed by atoms with Crippen LogP contribution in [-0.4, -0.2) is 0 Å². The van der Waals surface area contributed by atoms with Crippen LogP contribution in [0.3, 0.4) is 0 Å². The van der Waals surface area contributed by atoms with Gasteiger partial charge in [0.15, 0.2) is 0 Å². The molecule has 0 radical (unpaired) electrons. The van der Waals surface area contributed by atoms with Crippen molar-refractivity contribution in [2.24, 2.45) is 0 Å². The highest BCUT2D eigenvalue weighted by Crippen LogP contribution is 2.47. The van der Waals surface area contributed by atoms with Gasteiger partial charge < -0.3 is 0 Å². The first-order valence-electron chi connectivity index (χ1n) is 17.6. The molecule has 0 atom stereocenters. The maximum absolute atomic E-state index is 2.43. The van der Waals surface area contributed by atoms with E-state index in [2.05, 4.69) is 182 Å². The lowest BCUT2D eigenvalue weighted by Gasteiger charge is -2.19. The molecule has 0 bridgehead atoms. The summed E-state index contributed by atoms with van der Waals surface area (Å²) in [4.78, 5) is 0. The fourth-order valence-corrected chi connectivity index (χ4v) is 9.81. The van der Waals surface area contributed by atoms with Gasteiger partial charge in [-0.3, -0.25) is 0 Å². The van der Waals surface area contributed by atoms with Crippen LogP contribution in [0, 0.1) is 0 Å². The Morgan fingerprint density at radius 2 is 0.765 bits per heavy atom. The molecule has 236 valence electrons. The SMILES string of the molecule is c1ccc2c(-c3c4ccccc4c(-c4ccc(-c5cc6sc7ccc8ccccc8c7c6c6ccccc56)cc4)c4ccccc34)cccc2c1. The smallest absolute Gasteiger partial charge is 0.0368 e. The molecule has 10 aromatic carbocycles. The fraction of sp³-hybridized carbons (Fsp3) is 0.